The number of carboxylic acid groups (broad SMARTS) is 1. The van der Waals surface area contributed by atoms with Crippen molar-refractivity contribution in [3.63, 3.8) is 0 Å². The maximum Gasteiger partial charge on any atom is 0.330 e. The van der Waals surface area contributed by atoms with Gasteiger partial charge in [-0.2, -0.15) is 0 Å². The largest absolute Gasteiger partial charge is 0.508 e. The summed E-state index contributed by atoms with van der Waals surface area (Å²) >= 11 is 13.8. The average molecular weight is 1290 g/mol. The lowest BCUT2D eigenvalue weighted by Crippen LogP contribution is -2.60. The number of fused-ring (bicyclic) bond motifs is 16. The number of methoxy groups -OCH3 is 1. The van der Waals surface area contributed by atoms with Crippen LogP contribution in [0.3, 0.4) is 0 Å². The Labute approximate surface area is 521 Å². The first-order valence-corrected chi connectivity index (χ1v) is 28.4. The highest BCUT2D eigenvalue weighted by atomic mass is 35.5. The molecule has 29 nitrogen and oxygen atoms in total. The Kier molecular flexibility index (Phi) is 21.4. The number of phenols is 1. The van der Waals surface area contributed by atoms with E-state index in [9.17, 15) is 64.8 Å². The Balaban J connectivity index is 1.37. The Morgan fingerprint density at radius 2 is 1.27 bits per heavy atom. The highest BCUT2D eigenvalue weighted by Gasteiger charge is 2.46. The predicted molar refractivity (Wildman–Crippen MR) is 312 cm³/mol. The maximum absolute atomic E-state index is 15.6. The molecule has 1 fully saturated rings. The molecule has 14 atom stereocenters. The molecular formula is C59H64Cl2N8O21. The number of aliphatic carboxylic acids is 1. The highest BCUT2D eigenvalue weighted by molar-refractivity contribution is 6.32. The number of phenolic OH excluding ortho intramolecular Hbond substituents is 1. The van der Waals surface area contributed by atoms with Gasteiger partial charge in [0.15, 0.2) is 17.5 Å². The van der Waals surface area contributed by atoms with Crippen molar-refractivity contribution < 1.29 is 103 Å². The number of benzene rings is 5. The van der Waals surface area contributed by atoms with Crippen molar-refractivity contribution in [3.05, 3.63) is 135 Å². The molecule has 7 amide bonds. The molecule has 480 valence electrons. The number of amides is 7. The van der Waals surface area contributed by atoms with E-state index in [4.69, 9.17) is 58.4 Å². The topological polar surface area (TPSA) is 469 Å². The third-order valence-electron chi connectivity index (χ3n) is 14.7. The number of hydrogen-bond donors (Lipinski definition) is 16. The average Bonchev–Trinajstić information content (AvgIpc) is 0.821. The van der Waals surface area contributed by atoms with Crippen molar-refractivity contribution >= 4 is 70.5 Å². The molecule has 0 aliphatic carbocycles. The van der Waals surface area contributed by atoms with Gasteiger partial charge in [-0.25, -0.2) is 4.79 Å². The van der Waals surface area contributed by atoms with E-state index in [-0.39, 0.29) is 62.6 Å². The number of aliphatic hydroxyl groups excluding tert-OH is 6. The molecule has 5 heterocycles. The van der Waals surface area contributed by atoms with Crippen molar-refractivity contribution in [2.75, 3.05) is 13.7 Å². The standard InChI is InChI=1S/C59H64Cl2N8O21/c1-23(2)15-33(62)52(78)68-44-46(73)26-9-13-35(31(60)17-26)87-37-19-28-20-38(51(37)90-59-50(77)49(76)48(75)39(22-70)89-59)88-36-14-10-27(18-32(36)61)47(74)45(57(83)67-43(58(84)85)25-5-4-6-30(16-25)86-3)69-54(80)41(24-7-11-29(71)12-8-24)66-55(81)42(28)65-53(79)34(21-40(63)72)64-56(44)82/h4-14,16-20,23,33-34,39,41-50,59,70-71,73-77H,15,21-22,62H2,1-3H3,(H2,63,72)(H,64,82)(H,65,79)(H,66,81)(H,67,83)(H,68,78)(H,69,80)(H,84,85). The fourth-order valence-corrected chi connectivity index (χ4v) is 10.4. The van der Waals surface area contributed by atoms with Crippen LogP contribution in [0.1, 0.15) is 84.8 Å². The molecular weight excluding hydrogens is 1230 g/mol. The van der Waals surface area contributed by atoms with Crippen molar-refractivity contribution in [2.45, 2.75) is 112 Å². The van der Waals surface area contributed by atoms with Crippen LogP contribution in [0.2, 0.25) is 10.0 Å². The molecule has 31 heteroatoms. The van der Waals surface area contributed by atoms with Gasteiger partial charge in [0.2, 0.25) is 53.4 Å². The summed E-state index contributed by atoms with van der Waals surface area (Å²) in [4.78, 5) is 114. The summed E-state index contributed by atoms with van der Waals surface area (Å²) < 4.78 is 30.1. The van der Waals surface area contributed by atoms with Gasteiger partial charge in [0.05, 0.1) is 36.2 Å². The number of primary amides is 1. The summed E-state index contributed by atoms with van der Waals surface area (Å²) in [6, 6.07) is 5.36. The van der Waals surface area contributed by atoms with Crippen LogP contribution < -0.4 is 62.3 Å². The van der Waals surface area contributed by atoms with E-state index in [1.165, 1.54) is 61.7 Å². The van der Waals surface area contributed by atoms with Gasteiger partial charge in [0.25, 0.3) is 0 Å². The number of hydrogen-bond acceptors (Lipinski definition) is 21. The van der Waals surface area contributed by atoms with Gasteiger partial charge < -0.3 is 108 Å². The van der Waals surface area contributed by atoms with Gasteiger partial charge >= 0.3 is 5.97 Å². The first-order chi connectivity index (χ1) is 42.7. The lowest BCUT2D eigenvalue weighted by atomic mass is 9.97. The zero-order valence-electron chi connectivity index (χ0n) is 47.8. The van der Waals surface area contributed by atoms with Crippen LogP contribution in [0.25, 0.3) is 0 Å². The molecule has 18 N–H and O–H groups in total. The van der Waals surface area contributed by atoms with Gasteiger partial charge in [-0.1, -0.05) is 73.4 Å². The molecule has 5 aliphatic heterocycles. The van der Waals surface area contributed by atoms with Gasteiger partial charge in [0, 0.05) is 0 Å². The van der Waals surface area contributed by atoms with Crippen molar-refractivity contribution in [3.8, 4) is 40.2 Å². The van der Waals surface area contributed by atoms with Crippen molar-refractivity contribution in [1.82, 2.24) is 31.9 Å². The lowest BCUT2D eigenvalue weighted by molar-refractivity contribution is -0.277. The minimum absolute atomic E-state index is 0.0179. The molecule has 5 aliphatic rings. The van der Waals surface area contributed by atoms with E-state index in [1.54, 1.807) is 13.8 Å². The van der Waals surface area contributed by atoms with E-state index in [0.717, 1.165) is 42.5 Å². The number of ether oxygens (including phenoxy) is 5. The van der Waals surface area contributed by atoms with Crippen LogP contribution in [-0.2, 0) is 43.1 Å². The molecule has 0 saturated carbocycles. The van der Waals surface area contributed by atoms with Gasteiger partial charge in [0.1, 0.15) is 89.8 Å². The summed E-state index contributed by atoms with van der Waals surface area (Å²) in [6.45, 7) is 2.60. The van der Waals surface area contributed by atoms with Crippen molar-refractivity contribution in [2.24, 2.45) is 17.4 Å². The fraction of sp³-hybridized carbons (Fsp3) is 0.356. The Hall–Kier alpha value is -8.88. The minimum Gasteiger partial charge on any atom is -0.508 e. The number of aliphatic hydroxyl groups is 6. The quantitative estimate of drug-likeness (QED) is 0.0667. The fourth-order valence-electron chi connectivity index (χ4n) is 9.94. The number of rotatable bonds is 15. The predicted octanol–water partition coefficient (Wildman–Crippen LogP) is 0.225. The Morgan fingerprint density at radius 3 is 1.83 bits per heavy atom. The molecule has 0 spiro atoms. The van der Waals surface area contributed by atoms with Crippen LogP contribution in [0.5, 0.6) is 40.2 Å². The molecule has 90 heavy (non-hydrogen) atoms. The first kappa shape index (κ1) is 67.1. The number of halogens is 2. The number of carboxylic acids is 1. The van der Waals surface area contributed by atoms with Gasteiger partial charge in [-0.15, -0.1) is 0 Å². The van der Waals surface area contributed by atoms with E-state index in [2.05, 4.69) is 31.9 Å². The second-order valence-electron chi connectivity index (χ2n) is 21.6. The summed E-state index contributed by atoms with van der Waals surface area (Å²) in [7, 11) is 1.31. The number of nitrogens with one attached hydrogen (secondary N) is 6. The molecule has 0 aromatic heterocycles. The zero-order valence-corrected chi connectivity index (χ0v) is 49.3. The van der Waals surface area contributed by atoms with Gasteiger partial charge in [-0.05, 0) is 101 Å². The molecule has 14 unspecified atom stereocenters. The van der Waals surface area contributed by atoms with E-state index in [1.807, 2.05) is 0 Å². The van der Waals surface area contributed by atoms with E-state index in [0.29, 0.717) is 0 Å². The van der Waals surface area contributed by atoms with Crippen molar-refractivity contribution in [1.29, 1.82) is 0 Å². The summed E-state index contributed by atoms with van der Waals surface area (Å²) in [5.41, 5.74) is 10.8. The lowest BCUT2D eigenvalue weighted by Gasteiger charge is -2.39. The molecule has 7 bridgehead atoms. The van der Waals surface area contributed by atoms with Crippen LogP contribution >= 0.6 is 23.2 Å². The minimum atomic E-state index is -2.25. The third kappa shape index (κ3) is 15.4. The molecule has 5 aromatic carbocycles. The number of aromatic hydroxyl groups is 1. The Morgan fingerprint density at radius 1 is 0.689 bits per heavy atom. The van der Waals surface area contributed by atoms with Crippen LogP contribution in [0.4, 0.5) is 0 Å². The maximum atomic E-state index is 15.6. The molecule has 0 radical (unpaired) electrons. The molecule has 1 saturated heterocycles. The summed E-state index contributed by atoms with van der Waals surface area (Å²) in [6.07, 6.45) is -14.9. The molecule has 10 rings (SSSR count). The third-order valence-corrected chi connectivity index (χ3v) is 15.3. The van der Waals surface area contributed by atoms with Gasteiger partial charge in [-0.3, -0.25) is 33.6 Å². The number of nitrogens with two attached hydrogens (primary N) is 2. The highest BCUT2D eigenvalue weighted by Crippen LogP contribution is 2.48. The van der Waals surface area contributed by atoms with Crippen LogP contribution in [0.15, 0.2) is 97.1 Å². The Bertz CT molecular complexity index is 3550. The summed E-state index contributed by atoms with van der Waals surface area (Å²) in [5.74, 6) is -13.3. The second kappa shape index (κ2) is 28.7. The molecule has 5 aromatic rings. The van der Waals surface area contributed by atoms with E-state index < -0.39 is 173 Å². The van der Waals surface area contributed by atoms with E-state index >= 15 is 14.4 Å². The number of carbonyl (C=O) groups excluding carboxylic acids is 7. The smallest absolute Gasteiger partial charge is 0.330 e. The monoisotopic (exact) mass is 1290 g/mol. The van der Waals surface area contributed by atoms with Crippen LogP contribution in [-0.4, -0.2) is 157 Å². The normalized spacial score (nSPS) is 25.3. The summed E-state index contributed by atoms with van der Waals surface area (Å²) in [5, 5.41) is 102. The number of carbonyl (C=O) groups is 8. The first-order valence-electron chi connectivity index (χ1n) is 27.6. The van der Waals surface area contributed by atoms with Crippen LogP contribution in [0, 0.1) is 5.92 Å². The zero-order chi connectivity index (χ0) is 65.6. The SMILES string of the molecule is COc1cccc(C(NC(=O)C2NC(=O)C(c3ccc(O)cc3)NC(=O)C3NC(=O)C(CC(N)=O)NC(=O)C(NC(=O)C(N)CC(C)C)C(O)c4ccc(c(Cl)c4)Oc4cc3cc(c4OC3OC(CO)C(O)C(O)C3O)Oc3ccc(cc3Cl)C2O)C(=O)O)c1. The second-order valence-corrected chi connectivity index (χ2v) is 22.4.